The van der Waals surface area contributed by atoms with E-state index >= 15 is 0 Å². The summed E-state index contributed by atoms with van der Waals surface area (Å²) in [5.41, 5.74) is 1.03. The molecule has 0 bridgehead atoms. The lowest BCUT2D eigenvalue weighted by atomic mass is 9.99. The number of hydrogen-bond acceptors (Lipinski definition) is 5. The highest BCUT2D eigenvalue weighted by molar-refractivity contribution is 14.0. The third-order valence-electron chi connectivity index (χ3n) is 4.98. The van der Waals surface area contributed by atoms with Gasteiger partial charge in [0.25, 0.3) is 0 Å². The summed E-state index contributed by atoms with van der Waals surface area (Å²) >= 11 is 0. The number of fused-ring (bicyclic) bond motifs is 1. The molecule has 0 unspecified atom stereocenters. The molecule has 8 nitrogen and oxygen atoms in total. The van der Waals surface area contributed by atoms with Gasteiger partial charge in [-0.2, -0.15) is 0 Å². The second-order valence-corrected chi connectivity index (χ2v) is 6.65. The molecular weight excluding hydrogens is 457 g/mol. The van der Waals surface area contributed by atoms with Crippen molar-refractivity contribution in [3.63, 3.8) is 0 Å². The molecule has 0 saturated carbocycles. The molecule has 0 atom stereocenters. The number of halogens is 1. The van der Waals surface area contributed by atoms with Gasteiger partial charge in [-0.15, -0.1) is 34.2 Å². The first-order chi connectivity index (χ1) is 12.7. The van der Waals surface area contributed by atoms with Crippen molar-refractivity contribution >= 4 is 29.9 Å². The summed E-state index contributed by atoms with van der Waals surface area (Å²) in [6.45, 7) is 6.50. The Labute approximate surface area is 177 Å². The van der Waals surface area contributed by atoms with E-state index < -0.39 is 0 Å². The molecule has 0 aromatic carbocycles. The molecule has 2 N–H and O–H groups in total. The fourth-order valence-electron chi connectivity index (χ4n) is 3.37. The molecule has 9 heteroatoms. The zero-order valence-electron chi connectivity index (χ0n) is 16.4. The van der Waals surface area contributed by atoms with E-state index in [1.165, 1.54) is 12.8 Å². The Kier molecular flexibility index (Phi) is 8.52. The van der Waals surface area contributed by atoms with E-state index in [0.29, 0.717) is 25.0 Å². The molecule has 3 heterocycles. The minimum atomic E-state index is 0. The van der Waals surface area contributed by atoms with Crippen molar-refractivity contribution in [2.24, 2.45) is 4.99 Å². The van der Waals surface area contributed by atoms with Crippen LogP contribution in [-0.4, -0.2) is 32.9 Å². The highest BCUT2D eigenvalue weighted by Crippen LogP contribution is 2.22. The van der Waals surface area contributed by atoms with E-state index in [9.17, 15) is 0 Å². The normalized spacial score (nSPS) is 14.0. The fraction of sp³-hybridized carbons (Fsp3) is 0.667. The second-order valence-electron chi connectivity index (χ2n) is 6.65. The molecule has 0 saturated heterocycles. The summed E-state index contributed by atoms with van der Waals surface area (Å²) in [5.74, 6) is 4.03. The van der Waals surface area contributed by atoms with E-state index in [1.54, 1.807) is 7.05 Å². The first kappa shape index (κ1) is 21.6. The summed E-state index contributed by atoms with van der Waals surface area (Å²) in [4.78, 5) is 4.26. The summed E-state index contributed by atoms with van der Waals surface area (Å²) in [6, 6.07) is 2.03. The lowest BCUT2D eigenvalue weighted by Crippen LogP contribution is -2.37. The van der Waals surface area contributed by atoms with Crippen molar-refractivity contribution in [2.75, 3.05) is 7.05 Å². The van der Waals surface area contributed by atoms with Gasteiger partial charge < -0.3 is 19.7 Å². The predicted molar refractivity (Wildman–Crippen MR) is 115 cm³/mol. The predicted octanol–water partition coefficient (Wildman–Crippen LogP) is 2.99. The fourth-order valence-corrected chi connectivity index (χ4v) is 3.37. The first-order valence-electron chi connectivity index (χ1n) is 9.56. The molecule has 150 valence electrons. The Bertz CT molecular complexity index is 736. The van der Waals surface area contributed by atoms with Gasteiger partial charge in [0.05, 0.1) is 18.8 Å². The van der Waals surface area contributed by atoms with Crippen molar-refractivity contribution in [1.82, 2.24) is 30.6 Å². The zero-order chi connectivity index (χ0) is 18.4. The molecule has 0 fully saturated rings. The second kappa shape index (κ2) is 10.6. The van der Waals surface area contributed by atoms with Crippen LogP contribution in [0.5, 0.6) is 0 Å². The van der Waals surface area contributed by atoms with Crippen LogP contribution >= 0.6 is 24.0 Å². The van der Waals surface area contributed by atoms with Gasteiger partial charge in [0.2, 0.25) is 0 Å². The maximum Gasteiger partial charge on any atom is 0.191 e. The van der Waals surface area contributed by atoms with Gasteiger partial charge in [-0.1, -0.05) is 19.0 Å². The minimum absolute atomic E-state index is 0. The third kappa shape index (κ3) is 5.43. The number of rotatable bonds is 7. The van der Waals surface area contributed by atoms with Gasteiger partial charge in [-0.25, -0.2) is 0 Å². The summed E-state index contributed by atoms with van der Waals surface area (Å²) in [5, 5.41) is 19.3. The molecule has 3 rings (SSSR count). The van der Waals surface area contributed by atoms with Gasteiger partial charge in [-0.3, -0.25) is 4.99 Å². The van der Waals surface area contributed by atoms with E-state index in [0.717, 1.165) is 48.9 Å². The maximum absolute atomic E-state index is 5.45. The average molecular weight is 487 g/mol. The van der Waals surface area contributed by atoms with Crippen molar-refractivity contribution < 1.29 is 4.52 Å². The number of nitrogens with one attached hydrogen (secondary N) is 2. The monoisotopic (exact) mass is 487 g/mol. The highest BCUT2D eigenvalue weighted by Gasteiger charge is 2.16. The van der Waals surface area contributed by atoms with Crippen LogP contribution in [0.2, 0.25) is 0 Å². The highest BCUT2D eigenvalue weighted by atomic mass is 127. The lowest BCUT2D eigenvalue weighted by Gasteiger charge is -2.15. The minimum Gasteiger partial charge on any atom is -0.359 e. The molecule has 0 spiro atoms. The standard InChI is InChI=1S/C18H29N7O.HI/c1-4-13(5-2)15-10-14(26-24-15)11-20-18(19-3)21-12-17-23-22-16-8-6-7-9-25(16)17;/h10,13H,4-9,11-12H2,1-3H3,(H2,19,20,21);1H. The third-order valence-corrected chi connectivity index (χ3v) is 4.98. The van der Waals surface area contributed by atoms with Crippen LogP contribution in [0.15, 0.2) is 15.6 Å². The van der Waals surface area contributed by atoms with E-state index in [-0.39, 0.29) is 24.0 Å². The Morgan fingerprint density at radius 2 is 2.00 bits per heavy atom. The Balaban J connectivity index is 0.00000261. The summed E-state index contributed by atoms with van der Waals surface area (Å²) < 4.78 is 7.66. The van der Waals surface area contributed by atoms with Crippen LogP contribution in [0.25, 0.3) is 0 Å². The van der Waals surface area contributed by atoms with Crippen molar-refractivity contribution in [3.05, 3.63) is 29.2 Å². The van der Waals surface area contributed by atoms with Gasteiger partial charge in [-0.05, 0) is 25.7 Å². The largest absolute Gasteiger partial charge is 0.359 e. The average Bonchev–Trinajstić information content (AvgIpc) is 3.30. The van der Waals surface area contributed by atoms with E-state index in [4.69, 9.17) is 4.52 Å². The molecule has 27 heavy (non-hydrogen) atoms. The van der Waals surface area contributed by atoms with Crippen molar-refractivity contribution in [3.8, 4) is 0 Å². The number of aromatic nitrogens is 4. The molecule has 0 aliphatic carbocycles. The Hall–Kier alpha value is -1.65. The van der Waals surface area contributed by atoms with Crippen LogP contribution < -0.4 is 10.6 Å². The van der Waals surface area contributed by atoms with Crippen molar-refractivity contribution in [1.29, 1.82) is 0 Å². The van der Waals surface area contributed by atoms with Gasteiger partial charge in [0.1, 0.15) is 5.82 Å². The molecule has 0 amide bonds. The molecule has 2 aromatic rings. The first-order valence-corrected chi connectivity index (χ1v) is 9.56. The van der Waals surface area contributed by atoms with Gasteiger partial charge in [0.15, 0.2) is 17.5 Å². The molecule has 1 aliphatic heterocycles. The van der Waals surface area contributed by atoms with Gasteiger partial charge >= 0.3 is 0 Å². The molecule has 0 radical (unpaired) electrons. The quantitative estimate of drug-likeness (QED) is 0.355. The van der Waals surface area contributed by atoms with E-state index in [1.807, 2.05) is 6.07 Å². The SMILES string of the molecule is CCC(CC)c1cc(CNC(=NC)NCc2nnc3n2CCCC3)on1.I. The molecular formula is C18H30IN7O. The van der Waals surface area contributed by atoms with Gasteiger partial charge in [0, 0.05) is 32.0 Å². The number of guanidine groups is 1. The number of aliphatic imine (C=N–C) groups is 1. The number of nitrogens with zero attached hydrogens (tertiary/aromatic N) is 5. The molecule has 2 aromatic heterocycles. The zero-order valence-corrected chi connectivity index (χ0v) is 18.7. The van der Waals surface area contributed by atoms with Crippen molar-refractivity contribution in [2.45, 2.75) is 71.5 Å². The Morgan fingerprint density at radius 1 is 1.22 bits per heavy atom. The van der Waals surface area contributed by atoms with E-state index in [2.05, 4.69) is 49.4 Å². The number of aryl methyl sites for hydroxylation is 1. The maximum atomic E-state index is 5.45. The lowest BCUT2D eigenvalue weighted by molar-refractivity contribution is 0.368. The van der Waals surface area contributed by atoms with Crippen LogP contribution in [0.1, 0.15) is 68.6 Å². The van der Waals surface area contributed by atoms with Crippen LogP contribution in [0.3, 0.4) is 0 Å². The number of hydrogen-bond donors (Lipinski definition) is 2. The summed E-state index contributed by atoms with van der Waals surface area (Å²) in [7, 11) is 1.75. The van der Waals surface area contributed by atoms with Crippen LogP contribution in [-0.2, 0) is 26.1 Å². The van der Waals surface area contributed by atoms with Crippen LogP contribution in [0.4, 0.5) is 0 Å². The smallest absolute Gasteiger partial charge is 0.191 e. The van der Waals surface area contributed by atoms with Crippen LogP contribution in [0, 0.1) is 0 Å². The molecule has 1 aliphatic rings. The summed E-state index contributed by atoms with van der Waals surface area (Å²) in [6.07, 6.45) is 5.55. The topological polar surface area (TPSA) is 93.2 Å². The Morgan fingerprint density at radius 3 is 2.74 bits per heavy atom.